The highest BCUT2D eigenvalue weighted by atomic mass is 79.9. The molecule has 1 aromatic carbocycles. The van der Waals surface area contributed by atoms with Gasteiger partial charge in [0.25, 0.3) is 0 Å². The number of nitrogens with zero attached hydrogens (tertiary/aromatic N) is 1. The number of hydrogen-bond donors (Lipinski definition) is 1. The molecule has 0 aliphatic heterocycles. The molecule has 0 amide bonds. The number of rotatable bonds is 3. The van der Waals surface area contributed by atoms with Crippen LogP contribution in [-0.4, -0.2) is 9.67 Å². The molecule has 4 heteroatoms. The Kier molecular flexibility index (Phi) is 3.41. The zero-order valence-corrected chi connectivity index (χ0v) is 10.1. The highest BCUT2D eigenvalue weighted by Gasteiger charge is 2.03. The summed E-state index contributed by atoms with van der Waals surface area (Å²) in [5, 5.41) is 9.09. The van der Waals surface area contributed by atoms with Gasteiger partial charge in [-0.1, -0.05) is 15.9 Å². The van der Waals surface area contributed by atoms with Crippen molar-refractivity contribution in [2.45, 2.75) is 13.2 Å². The average Bonchev–Trinajstić information content (AvgIpc) is 2.63. The number of aromatic nitrogens is 1. The molecule has 84 valence electrons. The van der Waals surface area contributed by atoms with Gasteiger partial charge in [-0.2, -0.15) is 0 Å². The maximum Gasteiger partial charge on any atom is 0.124 e. The third kappa shape index (κ3) is 2.51. The molecule has 0 fully saturated rings. The van der Waals surface area contributed by atoms with Crippen molar-refractivity contribution in [3.05, 3.63) is 58.1 Å². The Morgan fingerprint density at radius 3 is 2.81 bits per heavy atom. The molecule has 0 atom stereocenters. The highest BCUT2D eigenvalue weighted by Crippen LogP contribution is 2.16. The topological polar surface area (TPSA) is 25.2 Å². The minimum Gasteiger partial charge on any atom is -0.390 e. The zero-order chi connectivity index (χ0) is 11.5. The lowest BCUT2D eigenvalue weighted by Gasteiger charge is -2.08. The SMILES string of the molecule is OCc1cccn1Cc1cc(F)cc(Br)c1. The lowest BCUT2D eigenvalue weighted by molar-refractivity contribution is 0.271. The van der Waals surface area contributed by atoms with Crippen molar-refractivity contribution in [2.75, 3.05) is 0 Å². The predicted molar refractivity (Wildman–Crippen MR) is 63.6 cm³/mol. The Bertz CT molecular complexity index is 475. The molecule has 1 N–H and O–H groups in total. The second-order valence-corrected chi connectivity index (χ2v) is 4.48. The van der Waals surface area contributed by atoms with E-state index < -0.39 is 0 Å². The minimum atomic E-state index is -0.262. The van der Waals surface area contributed by atoms with E-state index in [1.165, 1.54) is 12.1 Å². The van der Waals surface area contributed by atoms with Crippen molar-refractivity contribution in [1.82, 2.24) is 4.57 Å². The molecule has 0 unspecified atom stereocenters. The number of hydrogen-bond acceptors (Lipinski definition) is 1. The van der Waals surface area contributed by atoms with Gasteiger partial charge in [0.15, 0.2) is 0 Å². The molecule has 0 saturated carbocycles. The fourth-order valence-electron chi connectivity index (χ4n) is 1.65. The van der Waals surface area contributed by atoms with Gasteiger partial charge >= 0.3 is 0 Å². The normalized spacial score (nSPS) is 10.7. The summed E-state index contributed by atoms with van der Waals surface area (Å²) in [4.78, 5) is 0. The average molecular weight is 284 g/mol. The molecule has 2 rings (SSSR count). The zero-order valence-electron chi connectivity index (χ0n) is 8.53. The van der Waals surface area contributed by atoms with E-state index >= 15 is 0 Å². The number of halogens is 2. The summed E-state index contributed by atoms with van der Waals surface area (Å²) in [6.07, 6.45) is 1.87. The van der Waals surface area contributed by atoms with Gasteiger partial charge in [0.1, 0.15) is 5.82 Å². The summed E-state index contributed by atoms with van der Waals surface area (Å²) in [5.41, 5.74) is 1.68. The molecule has 0 aliphatic rings. The summed E-state index contributed by atoms with van der Waals surface area (Å²) in [6.45, 7) is 0.544. The van der Waals surface area contributed by atoms with Crippen LogP contribution in [0.2, 0.25) is 0 Å². The van der Waals surface area contributed by atoms with E-state index in [9.17, 15) is 4.39 Å². The van der Waals surface area contributed by atoms with E-state index in [4.69, 9.17) is 5.11 Å². The number of aliphatic hydroxyl groups excluding tert-OH is 1. The summed E-state index contributed by atoms with van der Waals surface area (Å²) in [7, 11) is 0. The molecule has 16 heavy (non-hydrogen) atoms. The Balaban J connectivity index is 2.26. The maximum atomic E-state index is 13.2. The van der Waals surface area contributed by atoms with Crippen molar-refractivity contribution >= 4 is 15.9 Å². The fourth-order valence-corrected chi connectivity index (χ4v) is 2.16. The van der Waals surface area contributed by atoms with Gasteiger partial charge in [-0.15, -0.1) is 0 Å². The van der Waals surface area contributed by atoms with Gasteiger partial charge in [0.2, 0.25) is 0 Å². The summed E-state index contributed by atoms with van der Waals surface area (Å²) in [5.74, 6) is -0.262. The molecule has 1 aromatic heterocycles. The maximum absolute atomic E-state index is 13.2. The van der Waals surface area contributed by atoms with Gasteiger partial charge in [-0.25, -0.2) is 4.39 Å². The van der Waals surface area contributed by atoms with Crippen LogP contribution in [0.1, 0.15) is 11.3 Å². The molecule has 0 aliphatic carbocycles. The minimum absolute atomic E-state index is 0.0104. The molecule has 0 saturated heterocycles. The first-order chi connectivity index (χ1) is 7.69. The summed E-state index contributed by atoms with van der Waals surface area (Å²) >= 11 is 3.25. The number of benzene rings is 1. The van der Waals surface area contributed by atoms with Crippen LogP contribution in [0.15, 0.2) is 41.0 Å². The van der Waals surface area contributed by atoms with E-state index in [0.717, 1.165) is 15.7 Å². The van der Waals surface area contributed by atoms with Gasteiger partial charge in [0.05, 0.1) is 6.61 Å². The Morgan fingerprint density at radius 1 is 1.31 bits per heavy atom. The van der Waals surface area contributed by atoms with Crippen LogP contribution >= 0.6 is 15.9 Å². The Hall–Kier alpha value is -1.13. The van der Waals surface area contributed by atoms with Crippen LogP contribution in [0.5, 0.6) is 0 Å². The largest absolute Gasteiger partial charge is 0.390 e. The van der Waals surface area contributed by atoms with Gasteiger partial charge in [-0.3, -0.25) is 0 Å². The predicted octanol–water partition coefficient (Wildman–Crippen LogP) is 2.93. The van der Waals surface area contributed by atoms with Crippen LogP contribution in [0.3, 0.4) is 0 Å². The summed E-state index contributed by atoms with van der Waals surface area (Å²) < 4.78 is 15.8. The van der Waals surface area contributed by atoms with Crippen molar-refractivity contribution in [3.63, 3.8) is 0 Å². The Labute approximate surface area is 101 Å². The van der Waals surface area contributed by atoms with E-state index in [1.54, 1.807) is 0 Å². The van der Waals surface area contributed by atoms with E-state index in [2.05, 4.69) is 15.9 Å². The molecule has 1 heterocycles. The quantitative estimate of drug-likeness (QED) is 0.921. The highest BCUT2D eigenvalue weighted by molar-refractivity contribution is 9.10. The van der Waals surface area contributed by atoms with Crippen LogP contribution in [-0.2, 0) is 13.2 Å². The molecular weight excluding hydrogens is 273 g/mol. The van der Waals surface area contributed by atoms with Gasteiger partial charge in [-0.05, 0) is 35.9 Å². The first kappa shape index (κ1) is 11.4. The Morgan fingerprint density at radius 2 is 2.12 bits per heavy atom. The third-order valence-corrected chi connectivity index (χ3v) is 2.82. The van der Waals surface area contributed by atoms with E-state index in [-0.39, 0.29) is 12.4 Å². The van der Waals surface area contributed by atoms with Crippen molar-refractivity contribution < 1.29 is 9.50 Å². The van der Waals surface area contributed by atoms with Crippen LogP contribution < -0.4 is 0 Å². The van der Waals surface area contributed by atoms with Crippen molar-refractivity contribution in [2.24, 2.45) is 0 Å². The third-order valence-electron chi connectivity index (χ3n) is 2.36. The monoisotopic (exact) mass is 283 g/mol. The second-order valence-electron chi connectivity index (χ2n) is 3.56. The molecule has 2 nitrogen and oxygen atoms in total. The van der Waals surface area contributed by atoms with Crippen LogP contribution in [0, 0.1) is 5.82 Å². The van der Waals surface area contributed by atoms with Gasteiger partial charge in [0, 0.05) is 22.9 Å². The lowest BCUT2D eigenvalue weighted by atomic mass is 10.2. The van der Waals surface area contributed by atoms with Gasteiger partial charge < -0.3 is 9.67 Å². The molecule has 0 radical (unpaired) electrons. The van der Waals surface area contributed by atoms with Crippen LogP contribution in [0.4, 0.5) is 4.39 Å². The fraction of sp³-hybridized carbons (Fsp3) is 0.167. The molecule has 2 aromatic rings. The van der Waals surface area contributed by atoms with Crippen molar-refractivity contribution in [1.29, 1.82) is 0 Å². The standard InChI is InChI=1S/C12H11BrFNO/c13-10-4-9(5-11(14)6-10)7-15-3-1-2-12(15)8-16/h1-6,16H,7-8H2. The smallest absolute Gasteiger partial charge is 0.124 e. The molecular formula is C12H11BrFNO. The van der Waals surface area contributed by atoms with Crippen LogP contribution in [0.25, 0.3) is 0 Å². The van der Waals surface area contributed by atoms with E-state index in [1.807, 2.05) is 29.0 Å². The first-order valence-corrected chi connectivity index (χ1v) is 5.68. The molecule has 0 bridgehead atoms. The molecule has 0 spiro atoms. The van der Waals surface area contributed by atoms with Crippen molar-refractivity contribution in [3.8, 4) is 0 Å². The summed E-state index contributed by atoms with van der Waals surface area (Å²) in [6, 6.07) is 8.48. The number of aliphatic hydroxyl groups is 1. The lowest BCUT2D eigenvalue weighted by Crippen LogP contribution is -2.03. The van der Waals surface area contributed by atoms with E-state index in [0.29, 0.717) is 6.54 Å². The second kappa shape index (κ2) is 4.80. The first-order valence-electron chi connectivity index (χ1n) is 4.89.